The highest BCUT2D eigenvalue weighted by Crippen LogP contribution is 2.23. The number of aliphatic hydroxyl groups excluding tert-OH is 4. The van der Waals surface area contributed by atoms with Gasteiger partial charge in [-0.15, -0.1) is 0 Å². The summed E-state index contributed by atoms with van der Waals surface area (Å²) in [6, 6.07) is 0. The van der Waals surface area contributed by atoms with Gasteiger partial charge >= 0.3 is 11.9 Å². The predicted octanol–water partition coefficient (Wildman–Crippen LogP) is 7.83. The van der Waals surface area contributed by atoms with Crippen LogP contribution >= 0.6 is 0 Å². The highest BCUT2D eigenvalue weighted by Gasteiger charge is 2.44. The second kappa shape index (κ2) is 32.4. The maximum absolute atomic E-state index is 12.6. The summed E-state index contributed by atoms with van der Waals surface area (Å²) in [7, 11) is 0. The fourth-order valence-corrected chi connectivity index (χ4v) is 6.46. The molecule has 0 radical (unpaired) electrons. The number of aliphatic hydroxyl groups is 4. The van der Waals surface area contributed by atoms with Gasteiger partial charge in [-0.3, -0.25) is 9.59 Å². The summed E-state index contributed by atoms with van der Waals surface area (Å²) in [4.78, 5) is 24.4. The fourth-order valence-electron chi connectivity index (χ4n) is 6.46. The van der Waals surface area contributed by atoms with Crippen molar-refractivity contribution in [3.63, 3.8) is 0 Å². The molecule has 1 aliphatic rings. The van der Waals surface area contributed by atoms with Crippen LogP contribution in [0, 0.1) is 0 Å². The van der Waals surface area contributed by atoms with Crippen LogP contribution in [0.25, 0.3) is 0 Å². The molecule has 0 bridgehead atoms. The second-order valence-electron chi connectivity index (χ2n) is 14.5. The monoisotopic (exact) mass is 717 g/mol. The van der Waals surface area contributed by atoms with Gasteiger partial charge in [0.15, 0.2) is 12.4 Å². The van der Waals surface area contributed by atoms with Gasteiger partial charge in [-0.2, -0.15) is 0 Å². The average Bonchev–Trinajstić information content (AvgIpc) is 3.11. The van der Waals surface area contributed by atoms with Crippen LogP contribution in [0.1, 0.15) is 187 Å². The summed E-state index contributed by atoms with van der Waals surface area (Å²) in [6.07, 6.45) is 24.5. The fraction of sp³-hybridized carbons (Fsp3) is 0.950. The van der Waals surface area contributed by atoms with Gasteiger partial charge in [0.2, 0.25) is 0 Å². The molecular weight excluding hydrogens is 640 g/mol. The summed E-state index contributed by atoms with van der Waals surface area (Å²) in [5, 5.41) is 39.6. The van der Waals surface area contributed by atoms with Crippen molar-refractivity contribution in [2.75, 3.05) is 19.8 Å². The number of carbonyl (C=O) groups is 2. The van der Waals surface area contributed by atoms with Crippen molar-refractivity contribution in [3.05, 3.63) is 0 Å². The van der Waals surface area contributed by atoms with Gasteiger partial charge in [-0.05, 0) is 12.8 Å². The van der Waals surface area contributed by atoms with Crippen LogP contribution in [0.4, 0.5) is 0 Å². The first kappa shape index (κ1) is 46.7. The van der Waals surface area contributed by atoms with Gasteiger partial charge in [0.1, 0.15) is 31.0 Å². The third kappa shape index (κ3) is 24.0. The average molecular weight is 717 g/mol. The van der Waals surface area contributed by atoms with Crippen LogP contribution in [0.5, 0.6) is 0 Å². The predicted molar refractivity (Wildman–Crippen MR) is 197 cm³/mol. The lowest BCUT2D eigenvalue weighted by atomic mass is 9.99. The van der Waals surface area contributed by atoms with Crippen LogP contribution in [-0.4, -0.2) is 89.0 Å². The summed E-state index contributed by atoms with van der Waals surface area (Å²) >= 11 is 0. The Labute approximate surface area is 304 Å². The zero-order chi connectivity index (χ0) is 36.7. The number of esters is 2. The molecule has 50 heavy (non-hydrogen) atoms. The molecule has 0 saturated carbocycles. The van der Waals surface area contributed by atoms with Crippen molar-refractivity contribution in [1.29, 1.82) is 0 Å². The molecule has 10 heteroatoms. The van der Waals surface area contributed by atoms with E-state index in [0.717, 1.165) is 19.3 Å². The Balaban J connectivity index is 2.05. The Kier molecular flexibility index (Phi) is 30.2. The number of ether oxygens (including phenoxy) is 4. The quantitative estimate of drug-likeness (QED) is 0.0383. The minimum Gasteiger partial charge on any atom is -0.462 e. The Morgan fingerprint density at radius 2 is 0.980 bits per heavy atom. The normalized spacial score (nSPS) is 21.3. The Morgan fingerprint density at radius 3 is 1.40 bits per heavy atom. The SMILES string of the molecule is CCCCCCCCCCCCCCCCCCCCCCCCCCC(=O)OC(COC(=O)CCC)COC1OC(CO)C(O)C(O)C1O. The van der Waals surface area contributed by atoms with Gasteiger partial charge in [0, 0.05) is 12.8 Å². The lowest BCUT2D eigenvalue weighted by Gasteiger charge is -2.39. The highest BCUT2D eigenvalue weighted by molar-refractivity contribution is 5.70. The molecule has 10 nitrogen and oxygen atoms in total. The van der Waals surface area contributed by atoms with Crippen LogP contribution in [-0.2, 0) is 28.5 Å². The van der Waals surface area contributed by atoms with E-state index in [1.807, 2.05) is 6.92 Å². The lowest BCUT2D eigenvalue weighted by molar-refractivity contribution is -0.305. The van der Waals surface area contributed by atoms with E-state index < -0.39 is 55.4 Å². The van der Waals surface area contributed by atoms with Crippen molar-refractivity contribution in [1.82, 2.24) is 0 Å². The van der Waals surface area contributed by atoms with E-state index in [9.17, 15) is 30.0 Å². The molecule has 0 aliphatic carbocycles. The molecule has 6 unspecified atom stereocenters. The van der Waals surface area contributed by atoms with E-state index in [4.69, 9.17) is 18.9 Å². The molecule has 1 aliphatic heterocycles. The Morgan fingerprint density at radius 1 is 0.540 bits per heavy atom. The van der Waals surface area contributed by atoms with Gasteiger partial charge in [-0.25, -0.2) is 0 Å². The summed E-state index contributed by atoms with van der Waals surface area (Å²) in [5.74, 6) is -0.857. The molecule has 6 atom stereocenters. The Bertz CT molecular complexity index is 794. The topological polar surface area (TPSA) is 152 Å². The summed E-state index contributed by atoms with van der Waals surface area (Å²) in [5.41, 5.74) is 0. The first-order chi connectivity index (χ1) is 24.3. The molecule has 0 spiro atoms. The minimum absolute atomic E-state index is 0.221. The zero-order valence-corrected chi connectivity index (χ0v) is 31.9. The third-order valence-corrected chi connectivity index (χ3v) is 9.71. The molecule has 1 saturated heterocycles. The van der Waals surface area contributed by atoms with Gasteiger partial charge in [0.05, 0.1) is 13.2 Å². The third-order valence-electron chi connectivity index (χ3n) is 9.71. The maximum atomic E-state index is 12.6. The maximum Gasteiger partial charge on any atom is 0.306 e. The molecule has 0 amide bonds. The number of rotatable bonds is 34. The van der Waals surface area contributed by atoms with E-state index in [-0.39, 0.29) is 26.1 Å². The van der Waals surface area contributed by atoms with Crippen molar-refractivity contribution in [3.8, 4) is 0 Å². The molecule has 296 valence electrons. The lowest BCUT2D eigenvalue weighted by Crippen LogP contribution is -2.59. The Hall–Kier alpha value is -1.30. The standard InChI is InChI=1S/C40H76O10/c1-3-5-6-7-8-9-10-11-12-13-14-15-16-17-18-19-20-21-22-23-24-25-26-27-29-36(43)49-33(31-47-35(42)28-4-2)32-48-40-39(46)38(45)37(44)34(30-41)50-40/h33-34,37-41,44-46H,3-32H2,1-2H3. The van der Waals surface area contributed by atoms with E-state index >= 15 is 0 Å². The van der Waals surface area contributed by atoms with E-state index in [1.54, 1.807) is 0 Å². The van der Waals surface area contributed by atoms with Gasteiger partial charge < -0.3 is 39.4 Å². The van der Waals surface area contributed by atoms with E-state index in [2.05, 4.69) is 6.92 Å². The molecule has 4 N–H and O–H groups in total. The van der Waals surface area contributed by atoms with Crippen molar-refractivity contribution in [2.24, 2.45) is 0 Å². The van der Waals surface area contributed by atoms with Crippen LogP contribution < -0.4 is 0 Å². The summed E-state index contributed by atoms with van der Waals surface area (Å²) in [6.45, 7) is 3.05. The number of carbonyl (C=O) groups excluding carboxylic acids is 2. The highest BCUT2D eigenvalue weighted by atomic mass is 16.7. The minimum atomic E-state index is -1.59. The number of hydrogen-bond donors (Lipinski definition) is 4. The molecule has 1 fully saturated rings. The van der Waals surface area contributed by atoms with Crippen molar-refractivity contribution in [2.45, 2.75) is 224 Å². The largest absolute Gasteiger partial charge is 0.462 e. The first-order valence-corrected chi connectivity index (χ1v) is 20.6. The van der Waals surface area contributed by atoms with Crippen LogP contribution in [0.15, 0.2) is 0 Å². The first-order valence-electron chi connectivity index (χ1n) is 20.6. The van der Waals surface area contributed by atoms with Gasteiger partial charge in [0.25, 0.3) is 0 Å². The molecular formula is C40H76O10. The van der Waals surface area contributed by atoms with E-state index in [0.29, 0.717) is 12.8 Å². The van der Waals surface area contributed by atoms with Crippen LogP contribution in [0.3, 0.4) is 0 Å². The molecule has 1 heterocycles. The number of unbranched alkanes of at least 4 members (excludes halogenated alkanes) is 23. The summed E-state index contributed by atoms with van der Waals surface area (Å²) < 4.78 is 21.6. The zero-order valence-electron chi connectivity index (χ0n) is 31.9. The molecule has 1 rings (SSSR count). The van der Waals surface area contributed by atoms with Crippen molar-refractivity contribution < 1.29 is 49.0 Å². The molecule has 0 aromatic rings. The molecule has 0 aromatic heterocycles. The number of hydrogen-bond acceptors (Lipinski definition) is 10. The second-order valence-corrected chi connectivity index (χ2v) is 14.5. The van der Waals surface area contributed by atoms with Crippen molar-refractivity contribution >= 4 is 11.9 Å². The molecule has 0 aromatic carbocycles. The van der Waals surface area contributed by atoms with Crippen LogP contribution in [0.2, 0.25) is 0 Å². The smallest absolute Gasteiger partial charge is 0.306 e. The van der Waals surface area contributed by atoms with E-state index in [1.165, 1.54) is 128 Å². The van der Waals surface area contributed by atoms with Gasteiger partial charge in [-0.1, -0.05) is 162 Å².